The van der Waals surface area contributed by atoms with E-state index in [0.29, 0.717) is 0 Å². The Bertz CT molecular complexity index is 148. The number of thiocarbonyl (C=S) groups is 1. The molecule has 0 heterocycles. The number of amides is 1. The second kappa shape index (κ2) is 4.05. The summed E-state index contributed by atoms with van der Waals surface area (Å²) in [5, 5.41) is 5.18. The standard InChI is InChI=1S/C5H11N3OS/c1-3(4(9)7-2)8-5(6)10/h3H,1-2H3,(H,7,9)(H3,6,8,10). The molecule has 4 nitrogen and oxygen atoms in total. The normalized spacial score (nSPS) is 11.8. The average molecular weight is 161 g/mol. The fourth-order valence-corrected chi connectivity index (χ4v) is 0.672. The molecule has 0 aromatic rings. The molecule has 0 aliphatic heterocycles. The maximum Gasteiger partial charge on any atom is 0.242 e. The van der Waals surface area contributed by atoms with Gasteiger partial charge in [0.25, 0.3) is 0 Å². The van der Waals surface area contributed by atoms with Crippen LogP contribution in [-0.4, -0.2) is 24.1 Å². The molecule has 0 bridgehead atoms. The molecule has 0 fully saturated rings. The van der Waals surface area contributed by atoms with E-state index >= 15 is 0 Å². The van der Waals surface area contributed by atoms with E-state index in [2.05, 4.69) is 22.9 Å². The van der Waals surface area contributed by atoms with Crippen LogP contribution in [0.2, 0.25) is 0 Å². The highest BCUT2D eigenvalue weighted by atomic mass is 32.1. The first kappa shape index (κ1) is 9.16. The van der Waals surface area contributed by atoms with Crippen LogP contribution in [0.15, 0.2) is 0 Å². The van der Waals surface area contributed by atoms with Crippen molar-refractivity contribution >= 4 is 23.2 Å². The summed E-state index contributed by atoms with van der Waals surface area (Å²) >= 11 is 4.53. The summed E-state index contributed by atoms with van der Waals surface area (Å²) in [6.45, 7) is 1.68. The fraction of sp³-hybridized carbons (Fsp3) is 0.600. The van der Waals surface area contributed by atoms with Gasteiger partial charge in [0.1, 0.15) is 6.04 Å². The van der Waals surface area contributed by atoms with Gasteiger partial charge in [0, 0.05) is 7.05 Å². The predicted octanol–water partition coefficient (Wildman–Crippen LogP) is -1.05. The summed E-state index contributed by atoms with van der Waals surface area (Å²) in [6.07, 6.45) is 0. The molecule has 0 spiro atoms. The largest absolute Gasteiger partial charge is 0.376 e. The summed E-state index contributed by atoms with van der Waals surface area (Å²) in [4.78, 5) is 10.8. The Labute approximate surface area is 65.2 Å². The van der Waals surface area contributed by atoms with E-state index in [4.69, 9.17) is 5.73 Å². The molecule has 0 radical (unpaired) electrons. The third kappa shape index (κ3) is 3.24. The van der Waals surface area contributed by atoms with Crippen LogP contribution in [0.1, 0.15) is 6.92 Å². The number of hydrogen-bond donors (Lipinski definition) is 3. The lowest BCUT2D eigenvalue weighted by Crippen LogP contribution is -2.45. The lowest BCUT2D eigenvalue weighted by molar-refractivity contribution is -0.121. The van der Waals surface area contributed by atoms with Crippen molar-refractivity contribution in [3.63, 3.8) is 0 Å². The van der Waals surface area contributed by atoms with Crippen molar-refractivity contribution in [2.24, 2.45) is 5.73 Å². The van der Waals surface area contributed by atoms with E-state index in [-0.39, 0.29) is 17.1 Å². The minimum atomic E-state index is -0.359. The zero-order valence-electron chi connectivity index (χ0n) is 5.97. The van der Waals surface area contributed by atoms with Gasteiger partial charge in [-0.2, -0.15) is 0 Å². The smallest absolute Gasteiger partial charge is 0.242 e. The van der Waals surface area contributed by atoms with Crippen molar-refractivity contribution in [1.29, 1.82) is 0 Å². The predicted molar refractivity (Wildman–Crippen MR) is 43.4 cm³/mol. The Morgan fingerprint density at radius 3 is 2.50 bits per heavy atom. The summed E-state index contributed by atoms with van der Waals surface area (Å²) in [5.74, 6) is -0.132. The molecule has 4 N–H and O–H groups in total. The second-order valence-electron chi connectivity index (χ2n) is 1.84. The Kier molecular flexibility index (Phi) is 3.71. The van der Waals surface area contributed by atoms with Gasteiger partial charge in [-0.15, -0.1) is 0 Å². The molecule has 0 aromatic carbocycles. The van der Waals surface area contributed by atoms with Crippen LogP contribution >= 0.6 is 12.2 Å². The molecule has 1 unspecified atom stereocenters. The maximum absolute atomic E-state index is 10.8. The van der Waals surface area contributed by atoms with Gasteiger partial charge in [-0.05, 0) is 19.1 Å². The van der Waals surface area contributed by atoms with Gasteiger partial charge < -0.3 is 16.4 Å². The highest BCUT2D eigenvalue weighted by Crippen LogP contribution is 1.78. The Balaban J connectivity index is 3.72. The minimum Gasteiger partial charge on any atom is -0.376 e. The van der Waals surface area contributed by atoms with E-state index in [1.54, 1.807) is 14.0 Å². The van der Waals surface area contributed by atoms with Gasteiger partial charge in [0.05, 0.1) is 0 Å². The number of likely N-dealkylation sites (N-methyl/N-ethyl adjacent to an activating group) is 1. The molecule has 0 aliphatic rings. The summed E-state index contributed by atoms with van der Waals surface area (Å²) in [5.41, 5.74) is 5.13. The maximum atomic E-state index is 10.8. The molecule has 0 saturated carbocycles. The van der Waals surface area contributed by atoms with Crippen LogP contribution in [0.5, 0.6) is 0 Å². The fourth-order valence-electron chi connectivity index (χ4n) is 0.495. The molecule has 0 aliphatic carbocycles. The third-order valence-corrected chi connectivity index (χ3v) is 1.12. The third-order valence-electron chi connectivity index (χ3n) is 0.998. The van der Waals surface area contributed by atoms with Crippen LogP contribution < -0.4 is 16.4 Å². The molecule has 10 heavy (non-hydrogen) atoms. The van der Waals surface area contributed by atoms with Crippen molar-refractivity contribution in [2.75, 3.05) is 7.05 Å². The van der Waals surface area contributed by atoms with Gasteiger partial charge in [0.2, 0.25) is 5.91 Å². The number of rotatable bonds is 2. The molecular weight excluding hydrogens is 150 g/mol. The zero-order chi connectivity index (χ0) is 8.15. The lowest BCUT2D eigenvalue weighted by atomic mass is 10.3. The number of nitrogens with two attached hydrogens (primary N) is 1. The monoisotopic (exact) mass is 161 g/mol. The van der Waals surface area contributed by atoms with E-state index < -0.39 is 0 Å². The topological polar surface area (TPSA) is 67.2 Å². The van der Waals surface area contributed by atoms with Crippen LogP contribution in [0.25, 0.3) is 0 Å². The summed E-state index contributed by atoms with van der Waals surface area (Å²) in [7, 11) is 1.56. The van der Waals surface area contributed by atoms with Crippen LogP contribution in [0.4, 0.5) is 0 Å². The van der Waals surface area contributed by atoms with Crippen molar-refractivity contribution in [3.05, 3.63) is 0 Å². The van der Waals surface area contributed by atoms with E-state index in [9.17, 15) is 4.79 Å². The SMILES string of the molecule is CNC(=O)C(C)NC(N)=S. The Morgan fingerprint density at radius 2 is 2.20 bits per heavy atom. The molecular formula is C5H11N3OS. The van der Waals surface area contributed by atoms with Crippen LogP contribution in [-0.2, 0) is 4.79 Å². The van der Waals surface area contributed by atoms with Crippen molar-refractivity contribution in [3.8, 4) is 0 Å². The molecule has 58 valence electrons. The molecule has 1 amide bonds. The highest BCUT2D eigenvalue weighted by Gasteiger charge is 2.08. The first-order valence-corrected chi connectivity index (χ1v) is 3.26. The lowest BCUT2D eigenvalue weighted by Gasteiger charge is -2.10. The van der Waals surface area contributed by atoms with Gasteiger partial charge in [-0.25, -0.2) is 0 Å². The first-order chi connectivity index (χ1) is 4.57. The van der Waals surface area contributed by atoms with Gasteiger partial charge in [-0.1, -0.05) is 0 Å². The van der Waals surface area contributed by atoms with Gasteiger partial charge in [0.15, 0.2) is 5.11 Å². The molecule has 0 aromatic heterocycles. The molecule has 5 heteroatoms. The number of nitrogens with one attached hydrogen (secondary N) is 2. The molecule has 1 atom stereocenters. The Morgan fingerprint density at radius 1 is 1.70 bits per heavy atom. The van der Waals surface area contributed by atoms with Crippen LogP contribution in [0, 0.1) is 0 Å². The van der Waals surface area contributed by atoms with Crippen molar-refractivity contribution in [2.45, 2.75) is 13.0 Å². The number of hydrogen-bond acceptors (Lipinski definition) is 2. The van der Waals surface area contributed by atoms with Crippen molar-refractivity contribution in [1.82, 2.24) is 10.6 Å². The van der Waals surface area contributed by atoms with Gasteiger partial charge in [-0.3, -0.25) is 4.79 Å². The van der Waals surface area contributed by atoms with E-state index in [1.165, 1.54) is 0 Å². The van der Waals surface area contributed by atoms with Crippen LogP contribution in [0.3, 0.4) is 0 Å². The molecule has 0 rings (SSSR count). The van der Waals surface area contributed by atoms with E-state index in [1.807, 2.05) is 0 Å². The summed E-state index contributed by atoms with van der Waals surface area (Å²) in [6, 6.07) is -0.359. The first-order valence-electron chi connectivity index (χ1n) is 2.85. The Hall–Kier alpha value is -0.840. The van der Waals surface area contributed by atoms with Crippen molar-refractivity contribution < 1.29 is 4.79 Å². The minimum absolute atomic E-state index is 0.132. The number of carbonyl (C=O) groups is 1. The average Bonchev–Trinajstić information content (AvgIpc) is 1.85. The zero-order valence-corrected chi connectivity index (χ0v) is 6.79. The second-order valence-corrected chi connectivity index (χ2v) is 2.28. The van der Waals surface area contributed by atoms with E-state index in [0.717, 1.165) is 0 Å². The molecule has 0 saturated heterocycles. The highest BCUT2D eigenvalue weighted by molar-refractivity contribution is 7.80. The van der Waals surface area contributed by atoms with Gasteiger partial charge >= 0.3 is 0 Å². The quantitative estimate of drug-likeness (QED) is 0.452. The number of carbonyl (C=O) groups excluding carboxylic acids is 1. The summed E-state index contributed by atoms with van der Waals surface area (Å²) < 4.78 is 0.